The van der Waals surface area contributed by atoms with Crippen LogP contribution in [0.4, 0.5) is 10.1 Å². The van der Waals surface area contributed by atoms with Crippen LogP contribution in [-0.2, 0) is 16.6 Å². The molecule has 0 saturated carbocycles. The fraction of sp³-hybridized carbons (Fsp3) is 0.591. The molecule has 7 nitrogen and oxygen atoms in total. The van der Waals surface area contributed by atoms with Crippen LogP contribution in [0.25, 0.3) is 10.9 Å². The number of hydrogen-bond acceptors (Lipinski definition) is 5. The van der Waals surface area contributed by atoms with Gasteiger partial charge in [0, 0.05) is 31.9 Å². The molecule has 0 radical (unpaired) electrons. The van der Waals surface area contributed by atoms with E-state index >= 15 is 4.39 Å². The van der Waals surface area contributed by atoms with Crippen molar-refractivity contribution in [2.24, 2.45) is 12.5 Å². The maximum Gasteiger partial charge on any atom is 0.235 e. The monoisotopic (exact) mass is 413 g/mol. The van der Waals surface area contributed by atoms with Gasteiger partial charge in [-0.05, 0) is 62.7 Å². The lowest BCUT2D eigenvalue weighted by molar-refractivity contribution is -0.134. The van der Waals surface area contributed by atoms with E-state index in [-0.39, 0.29) is 24.1 Å². The van der Waals surface area contributed by atoms with E-state index in [1.54, 1.807) is 4.68 Å². The standard InChI is InChI=1S/C22H28FN5O2/c1-27-17-13-18(28-10-6-22(7-11-28)4-8-24-9-5-22)16(23)12-15(17)20(26-27)14-2-3-19(29)25-21(14)30/h12-14,24H,2-11H2,1H3,(H,25,29,30). The number of piperidine rings is 3. The van der Waals surface area contributed by atoms with Crippen molar-refractivity contribution in [3.05, 3.63) is 23.6 Å². The third-order valence-electron chi connectivity index (χ3n) is 7.35. The lowest BCUT2D eigenvalue weighted by Gasteiger charge is -2.45. The van der Waals surface area contributed by atoms with Crippen LogP contribution in [0.5, 0.6) is 0 Å². The van der Waals surface area contributed by atoms with Crippen molar-refractivity contribution in [2.45, 2.75) is 44.4 Å². The molecule has 0 bridgehead atoms. The van der Waals surface area contributed by atoms with Gasteiger partial charge in [0.1, 0.15) is 5.82 Å². The predicted molar refractivity (Wildman–Crippen MR) is 112 cm³/mol. The lowest BCUT2D eigenvalue weighted by Crippen LogP contribution is -2.45. The summed E-state index contributed by atoms with van der Waals surface area (Å²) in [5, 5.41) is 11.0. The molecular formula is C22H28FN5O2. The van der Waals surface area contributed by atoms with Gasteiger partial charge in [-0.15, -0.1) is 0 Å². The number of nitrogens with zero attached hydrogens (tertiary/aromatic N) is 3. The summed E-state index contributed by atoms with van der Waals surface area (Å²) >= 11 is 0. The molecule has 1 atom stereocenters. The second kappa shape index (κ2) is 7.34. The molecule has 5 rings (SSSR count). The highest BCUT2D eigenvalue weighted by Gasteiger charge is 2.37. The van der Waals surface area contributed by atoms with Crippen LogP contribution >= 0.6 is 0 Å². The van der Waals surface area contributed by atoms with Crippen molar-refractivity contribution in [1.82, 2.24) is 20.4 Å². The number of hydrogen-bond donors (Lipinski definition) is 2. The number of anilines is 1. The van der Waals surface area contributed by atoms with Gasteiger partial charge in [0.25, 0.3) is 0 Å². The predicted octanol–water partition coefficient (Wildman–Crippen LogP) is 2.20. The molecule has 1 aromatic carbocycles. The molecule has 0 aliphatic carbocycles. The Morgan fingerprint density at radius 2 is 1.87 bits per heavy atom. The number of fused-ring (bicyclic) bond motifs is 1. The van der Waals surface area contributed by atoms with E-state index in [0.717, 1.165) is 44.5 Å². The van der Waals surface area contributed by atoms with Gasteiger partial charge in [0.05, 0.1) is 22.8 Å². The zero-order chi connectivity index (χ0) is 20.9. The highest BCUT2D eigenvalue weighted by molar-refractivity contribution is 6.02. The summed E-state index contributed by atoms with van der Waals surface area (Å²) in [6.45, 7) is 3.89. The molecule has 8 heteroatoms. The maximum absolute atomic E-state index is 15.2. The molecule has 3 saturated heterocycles. The Labute approximate surface area is 175 Å². The smallest absolute Gasteiger partial charge is 0.235 e. The first-order valence-corrected chi connectivity index (χ1v) is 10.9. The number of rotatable bonds is 2. The number of imide groups is 1. The van der Waals surface area contributed by atoms with Crippen molar-refractivity contribution >= 4 is 28.4 Å². The average Bonchev–Trinajstić information content (AvgIpc) is 3.04. The zero-order valence-electron chi connectivity index (χ0n) is 17.3. The number of halogens is 1. The van der Waals surface area contributed by atoms with Gasteiger partial charge in [0.2, 0.25) is 11.8 Å². The minimum absolute atomic E-state index is 0.262. The quantitative estimate of drug-likeness (QED) is 0.738. The van der Waals surface area contributed by atoms with Gasteiger partial charge >= 0.3 is 0 Å². The molecule has 3 aliphatic heterocycles. The first kappa shape index (κ1) is 19.5. The second-order valence-corrected chi connectivity index (χ2v) is 9.07. The number of benzene rings is 1. The fourth-order valence-electron chi connectivity index (χ4n) is 5.43. The van der Waals surface area contributed by atoms with Crippen molar-refractivity contribution in [1.29, 1.82) is 0 Å². The van der Waals surface area contributed by atoms with E-state index in [1.165, 1.54) is 18.9 Å². The molecule has 2 amide bonds. The van der Waals surface area contributed by atoms with Crippen LogP contribution < -0.4 is 15.5 Å². The molecule has 1 spiro atoms. The molecule has 4 heterocycles. The van der Waals surface area contributed by atoms with Crippen LogP contribution in [0.3, 0.4) is 0 Å². The van der Waals surface area contributed by atoms with E-state index < -0.39 is 5.92 Å². The maximum atomic E-state index is 15.2. The Kier molecular flexibility index (Phi) is 4.76. The van der Waals surface area contributed by atoms with Gasteiger partial charge < -0.3 is 10.2 Å². The van der Waals surface area contributed by atoms with Gasteiger partial charge in [-0.2, -0.15) is 5.10 Å². The SMILES string of the molecule is Cn1nc(C2CCC(=O)NC2=O)c2cc(F)c(N3CCC4(CCNCC4)CC3)cc21. The minimum atomic E-state index is -0.522. The topological polar surface area (TPSA) is 79.3 Å². The number of amides is 2. The first-order chi connectivity index (χ1) is 14.5. The molecule has 160 valence electrons. The molecule has 3 aliphatic rings. The van der Waals surface area contributed by atoms with E-state index in [9.17, 15) is 9.59 Å². The minimum Gasteiger partial charge on any atom is -0.369 e. The van der Waals surface area contributed by atoms with Gasteiger partial charge in [-0.3, -0.25) is 19.6 Å². The third kappa shape index (κ3) is 3.27. The number of nitrogens with one attached hydrogen (secondary N) is 2. The van der Waals surface area contributed by atoms with E-state index in [0.29, 0.717) is 28.6 Å². The van der Waals surface area contributed by atoms with E-state index in [2.05, 4.69) is 20.6 Å². The summed E-state index contributed by atoms with van der Waals surface area (Å²) in [5.74, 6) is -1.41. The number of aromatic nitrogens is 2. The highest BCUT2D eigenvalue weighted by atomic mass is 19.1. The second-order valence-electron chi connectivity index (χ2n) is 9.07. The number of aryl methyl sites for hydroxylation is 1. The summed E-state index contributed by atoms with van der Waals surface area (Å²) in [4.78, 5) is 25.9. The molecular weight excluding hydrogens is 385 g/mol. The van der Waals surface area contributed by atoms with Gasteiger partial charge in [0.15, 0.2) is 0 Å². The molecule has 1 unspecified atom stereocenters. The molecule has 1 aromatic heterocycles. The van der Waals surface area contributed by atoms with Crippen LogP contribution in [-0.4, -0.2) is 47.8 Å². The largest absolute Gasteiger partial charge is 0.369 e. The average molecular weight is 413 g/mol. The molecule has 2 aromatic rings. The molecule has 2 N–H and O–H groups in total. The Morgan fingerprint density at radius 3 is 2.57 bits per heavy atom. The van der Waals surface area contributed by atoms with Crippen molar-refractivity contribution in [2.75, 3.05) is 31.1 Å². The summed E-state index contributed by atoms with van der Waals surface area (Å²) in [6.07, 6.45) is 5.29. The Morgan fingerprint density at radius 1 is 1.13 bits per heavy atom. The van der Waals surface area contributed by atoms with Crippen molar-refractivity contribution in [3.63, 3.8) is 0 Å². The Bertz CT molecular complexity index is 1000. The number of carbonyl (C=O) groups excluding carboxylic acids is 2. The molecule has 3 fully saturated rings. The van der Waals surface area contributed by atoms with Crippen LogP contribution in [0.1, 0.15) is 50.1 Å². The zero-order valence-corrected chi connectivity index (χ0v) is 17.3. The lowest BCUT2D eigenvalue weighted by atomic mass is 9.71. The molecule has 30 heavy (non-hydrogen) atoms. The van der Waals surface area contributed by atoms with Crippen LogP contribution in [0, 0.1) is 11.2 Å². The fourth-order valence-corrected chi connectivity index (χ4v) is 5.43. The Balaban J connectivity index is 1.43. The summed E-state index contributed by atoms with van der Waals surface area (Å²) in [6, 6.07) is 3.39. The van der Waals surface area contributed by atoms with Crippen LogP contribution in [0.2, 0.25) is 0 Å². The first-order valence-electron chi connectivity index (χ1n) is 10.9. The third-order valence-corrected chi connectivity index (χ3v) is 7.35. The normalized spacial score (nSPS) is 24.5. The van der Waals surface area contributed by atoms with Crippen molar-refractivity contribution < 1.29 is 14.0 Å². The van der Waals surface area contributed by atoms with Crippen molar-refractivity contribution in [3.8, 4) is 0 Å². The van der Waals surface area contributed by atoms with E-state index in [1.807, 2.05) is 13.1 Å². The van der Waals surface area contributed by atoms with E-state index in [4.69, 9.17) is 0 Å². The Hall–Kier alpha value is -2.48. The summed E-state index contributed by atoms with van der Waals surface area (Å²) in [7, 11) is 1.82. The summed E-state index contributed by atoms with van der Waals surface area (Å²) in [5.41, 5.74) is 2.39. The summed E-state index contributed by atoms with van der Waals surface area (Å²) < 4.78 is 16.9. The van der Waals surface area contributed by atoms with Gasteiger partial charge in [-0.1, -0.05) is 0 Å². The van der Waals surface area contributed by atoms with Crippen LogP contribution in [0.15, 0.2) is 12.1 Å². The highest BCUT2D eigenvalue weighted by Crippen LogP contribution is 2.42. The van der Waals surface area contributed by atoms with Gasteiger partial charge in [-0.25, -0.2) is 4.39 Å². The number of carbonyl (C=O) groups is 2.